The van der Waals surface area contributed by atoms with Crippen molar-refractivity contribution >= 4 is 17.6 Å². The maximum absolute atomic E-state index is 14.6. The van der Waals surface area contributed by atoms with Crippen LogP contribution >= 0.6 is 11.6 Å². The second-order valence-corrected chi connectivity index (χ2v) is 9.01. The number of carbonyl (C=O) groups is 1. The summed E-state index contributed by atoms with van der Waals surface area (Å²) in [6.07, 6.45) is 1.53. The van der Waals surface area contributed by atoms with Gasteiger partial charge in [-0.1, -0.05) is 30.5 Å². The van der Waals surface area contributed by atoms with Gasteiger partial charge in [0.05, 0.1) is 16.3 Å². The molecule has 0 saturated heterocycles. The van der Waals surface area contributed by atoms with Crippen LogP contribution in [0.15, 0.2) is 60.9 Å². The van der Waals surface area contributed by atoms with Gasteiger partial charge in [0.2, 0.25) is 0 Å². The highest BCUT2D eigenvalue weighted by Gasteiger charge is 2.41. The van der Waals surface area contributed by atoms with Gasteiger partial charge >= 0.3 is 12.2 Å². The summed E-state index contributed by atoms with van der Waals surface area (Å²) in [5.74, 6) is -1.09. The van der Waals surface area contributed by atoms with Crippen molar-refractivity contribution in [2.75, 3.05) is 0 Å². The van der Waals surface area contributed by atoms with Crippen LogP contribution in [0.5, 0.6) is 0 Å². The third-order valence-electron chi connectivity index (χ3n) is 6.07. The number of benzene rings is 1. The van der Waals surface area contributed by atoms with E-state index >= 15 is 0 Å². The minimum atomic E-state index is -4.80. The van der Waals surface area contributed by atoms with Gasteiger partial charge in [-0.25, -0.2) is 9.18 Å². The summed E-state index contributed by atoms with van der Waals surface area (Å²) in [4.78, 5) is 21.8. The van der Waals surface area contributed by atoms with Crippen molar-refractivity contribution in [3.05, 3.63) is 94.3 Å². The summed E-state index contributed by atoms with van der Waals surface area (Å²) in [6, 6.07) is 9.67. The van der Waals surface area contributed by atoms with Crippen molar-refractivity contribution < 1.29 is 22.4 Å². The van der Waals surface area contributed by atoms with Gasteiger partial charge in [0.1, 0.15) is 11.4 Å². The van der Waals surface area contributed by atoms with Gasteiger partial charge in [0.25, 0.3) is 0 Å². The molecule has 2 aromatic heterocycles. The highest BCUT2D eigenvalue weighted by Crippen LogP contribution is 2.37. The van der Waals surface area contributed by atoms with Crippen LogP contribution in [0.4, 0.5) is 22.4 Å². The highest BCUT2D eigenvalue weighted by atomic mass is 35.5. The molecular formula is C25H23ClF4N4O. The lowest BCUT2D eigenvalue weighted by atomic mass is 9.81. The summed E-state index contributed by atoms with van der Waals surface area (Å²) in [6.45, 7) is 0. The molecule has 1 aliphatic rings. The third-order valence-corrected chi connectivity index (χ3v) is 6.30. The minimum absolute atomic E-state index is 0.0565. The maximum Gasteiger partial charge on any atom is 0.416 e. The van der Waals surface area contributed by atoms with E-state index in [-0.39, 0.29) is 23.7 Å². The number of urea groups is 1. The second kappa shape index (κ2) is 10.2. The van der Waals surface area contributed by atoms with E-state index in [0.29, 0.717) is 16.8 Å². The number of rotatable bonds is 6. The molecule has 0 spiro atoms. The van der Waals surface area contributed by atoms with Crippen molar-refractivity contribution in [2.45, 2.75) is 49.9 Å². The first kappa shape index (κ1) is 24.9. The summed E-state index contributed by atoms with van der Waals surface area (Å²) < 4.78 is 55.5. The van der Waals surface area contributed by atoms with Crippen molar-refractivity contribution in [3.63, 3.8) is 0 Å². The summed E-state index contributed by atoms with van der Waals surface area (Å²) in [5.41, 5.74) is -2.32. The molecule has 2 amide bonds. The van der Waals surface area contributed by atoms with E-state index < -0.39 is 29.1 Å². The number of amides is 2. The van der Waals surface area contributed by atoms with Gasteiger partial charge in [-0.15, -0.1) is 0 Å². The van der Waals surface area contributed by atoms with Crippen LogP contribution in [0.1, 0.15) is 48.2 Å². The van der Waals surface area contributed by atoms with Gasteiger partial charge < -0.3 is 10.6 Å². The van der Waals surface area contributed by atoms with E-state index in [4.69, 9.17) is 11.6 Å². The largest absolute Gasteiger partial charge is 0.416 e. The van der Waals surface area contributed by atoms with E-state index in [1.54, 1.807) is 18.2 Å². The first-order chi connectivity index (χ1) is 16.7. The molecule has 35 heavy (non-hydrogen) atoms. The first-order valence-electron chi connectivity index (χ1n) is 11.1. The molecule has 1 atom stereocenters. The number of carbonyl (C=O) groups excluding carboxylic acids is 1. The fraction of sp³-hybridized carbons (Fsp3) is 0.320. The number of hydrogen-bond donors (Lipinski definition) is 2. The zero-order valence-electron chi connectivity index (χ0n) is 18.6. The number of halogens is 5. The Labute approximate surface area is 204 Å². The molecular weight excluding hydrogens is 484 g/mol. The predicted octanol–water partition coefficient (Wildman–Crippen LogP) is 6.02. The smallest absolute Gasteiger partial charge is 0.335 e. The molecule has 10 heteroatoms. The van der Waals surface area contributed by atoms with E-state index in [9.17, 15) is 22.4 Å². The molecule has 3 aromatic rings. The topological polar surface area (TPSA) is 66.9 Å². The normalized spacial score (nSPS) is 16.0. The Bertz CT molecular complexity index is 1170. The van der Waals surface area contributed by atoms with Crippen LogP contribution in [0, 0.1) is 5.82 Å². The number of nitrogens with zero attached hydrogens (tertiary/aromatic N) is 2. The second-order valence-electron chi connectivity index (χ2n) is 8.57. The van der Waals surface area contributed by atoms with Crippen molar-refractivity contribution in [2.24, 2.45) is 0 Å². The molecule has 184 valence electrons. The zero-order chi connectivity index (χ0) is 25.1. The van der Waals surface area contributed by atoms with E-state index in [0.717, 1.165) is 37.8 Å². The molecule has 1 saturated carbocycles. The lowest BCUT2D eigenvalue weighted by Gasteiger charge is -2.36. The number of alkyl halides is 3. The highest BCUT2D eigenvalue weighted by molar-refractivity contribution is 6.30. The molecule has 4 rings (SSSR count). The summed E-state index contributed by atoms with van der Waals surface area (Å²) in [7, 11) is 0. The Kier molecular flexibility index (Phi) is 7.25. The number of pyridine rings is 2. The van der Waals surface area contributed by atoms with Crippen molar-refractivity contribution in [3.8, 4) is 0 Å². The standard InChI is InChI=1S/C25H23ClF4N4O/c26-18-8-9-22(32-15-18)24(14-21-7-3-4-10-31-21,34-23(35)33-20-5-1-2-6-20)16-11-17(25(28,29)30)13-19(27)12-16/h3-4,7-13,15,20H,1-2,5-6,14H2,(H2,33,34,35). The Morgan fingerprint density at radius 1 is 1.03 bits per heavy atom. The van der Waals surface area contributed by atoms with Crippen molar-refractivity contribution in [1.29, 1.82) is 0 Å². The molecule has 2 heterocycles. The molecule has 5 nitrogen and oxygen atoms in total. The van der Waals surface area contributed by atoms with E-state index in [2.05, 4.69) is 20.6 Å². The molecule has 1 aliphatic carbocycles. The van der Waals surface area contributed by atoms with Gasteiger partial charge in [0.15, 0.2) is 0 Å². The first-order valence-corrected chi connectivity index (χ1v) is 11.5. The average Bonchev–Trinajstić information content (AvgIpc) is 3.31. The quantitative estimate of drug-likeness (QED) is 0.402. The average molecular weight is 507 g/mol. The minimum Gasteiger partial charge on any atom is -0.335 e. The predicted molar refractivity (Wildman–Crippen MR) is 123 cm³/mol. The van der Waals surface area contributed by atoms with Crippen LogP contribution < -0.4 is 10.6 Å². The lowest BCUT2D eigenvalue weighted by molar-refractivity contribution is -0.137. The fourth-order valence-electron chi connectivity index (χ4n) is 4.41. The molecule has 0 aliphatic heterocycles. The van der Waals surface area contributed by atoms with E-state index in [1.165, 1.54) is 24.5 Å². The third kappa shape index (κ3) is 5.90. The van der Waals surface area contributed by atoms with Crippen LogP contribution in [-0.2, 0) is 18.1 Å². The SMILES string of the molecule is O=C(NC1CCCC1)NC(Cc1ccccn1)(c1cc(F)cc(C(F)(F)F)c1)c1ccc(Cl)cn1. The molecule has 1 fully saturated rings. The summed E-state index contributed by atoms with van der Waals surface area (Å²) >= 11 is 6.01. The number of nitrogens with one attached hydrogen (secondary N) is 2. The molecule has 0 bridgehead atoms. The maximum atomic E-state index is 14.6. The number of aromatic nitrogens is 2. The number of hydrogen-bond acceptors (Lipinski definition) is 3. The summed E-state index contributed by atoms with van der Waals surface area (Å²) in [5, 5.41) is 6.02. The lowest BCUT2D eigenvalue weighted by Crippen LogP contribution is -2.54. The van der Waals surface area contributed by atoms with Gasteiger partial charge in [-0.05, 0) is 60.9 Å². The zero-order valence-corrected chi connectivity index (χ0v) is 19.3. The monoisotopic (exact) mass is 506 g/mol. The van der Waals surface area contributed by atoms with Crippen LogP contribution in [-0.4, -0.2) is 22.0 Å². The van der Waals surface area contributed by atoms with Crippen molar-refractivity contribution in [1.82, 2.24) is 20.6 Å². The Hall–Kier alpha value is -3.20. The Morgan fingerprint density at radius 3 is 2.40 bits per heavy atom. The molecule has 1 aromatic carbocycles. The molecule has 2 N–H and O–H groups in total. The Morgan fingerprint density at radius 2 is 1.77 bits per heavy atom. The Balaban J connectivity index is 1.89. The van der Waals surface area contributed by atoms with Crippen LogP contribution in [0.3, 0.4) is 0 Å². The van der Waals surface area contributed by atoms with Gasteiger partial charge in [-0.2, -0.15) is 13.2 Å². The fourth-order valence-corrected chi connectivity index (χ4v) is 4.52. The van der Waals surface area contributed by atoms with Crippen LogP contribution in [0.25, 0.3) is 0 Å². The van der Waals surface area contributed by atoms with Gasteiger partial charge in [0, 0.05) is 30.6 Å². The molecule has 1 unspecified atom stereocenters. The van der Waals surface area contributed by atoms with Crippen LogP contribution in [0.2, 0.25) is 5.02 Å². The molecule has 0 radical (unpaired) electrons. The van der Waals surface area contributed by atoms with Gasteiger partial charge in [-0.3, -0.25) is 9.97 Å². The van der Waals surface area contributed by atoms with E-state index in [1.807, 2.05) is 0 Å².